The second kappa shape index (κ2) is 6.52. The van der Waals surface area contributed by atoms with Crippen LogP contribution >= 0.6 is 0 Å². The molecule has 1 spiro atoms. The molecule has 5 atom stereocenters. The van der Waals surface area contributed by atoms with E-state index in [1.807, 2.05) is 6.92 Å². The van der Waals surface area contributed by atoms with Crippen LogP contribution in [0.4, 0.5) is 0 Å². The van der Waals surface area contributed by atoms with Crippen molar-refractivity contribution in [2.24, 2.45) is 0 Å². The van der Waals surface area contributed by atoms with Crippen LogP contribution in [0, 0.1) is 6.92 Å². The van der Waals surface area contributed by atoms with Crippen LogP contribution in [-0.4, -0.2) is 73.2 Å². The molecule has 0 unspecified atom stereocenters. The topological polar surface area (TPSA) is 122 Å². The van der Waals surface area contributed by atoms with E-state index in [1.54, 1.807) is 6.07 Å². The molecule has 4 fully saturated rings. The number of fused-ring (bicyclic) bond motifs is 8. The quantitative estimate of drug-likeness (QED) is 0.529. The van der Waals surface area contributed by atoms with Gasteiger partial charge in [0.05, 0.1) is 30.9 Å². The molecule has 186 valence electrons. The van der Waals surface area contributed by atoms with Gasteiger partial charge in [-0.25, -0.2) is 0 Å². The highest BCUT2D eigenvalue weighted by atomic mass is 16.9. The average molecular weight is 494 g/mol. The molecule has 1 N–H and O–H groups in total. The first-order valence-electron chi connectivity index (χ1n) is 11.9. The Kier molecular flexibility index (Phi) is 3.85. The third kappa shape index (κ3) is 2.10. The lowest BCUT2D eigenvalue weighted by molar-refractivity contribution is -0.365. The van der Waals surface area contributed by atoms with Crippen LogP contribution in [0.25, 0.3) is 0 Å². The predicted molar refractivity (Wildman–Crippen MR) is 117 cm³/mol. The van der Waals surface area contributed by atoms with E-state index in [4.69, 9.17) is 33.2 Å². The minimum absolute atomic E-state index is 0.0498. The van der Waals surface area contributed by atoms with Gasteiger partial charge >= 0.3 is 0 Å². The van der Waals surface area contributed by atoms with Crippen molar-refractivity contribution in [2.75, 3.05) is 26.9 Å². The van der Waals surface area contributed by atoms with E-state index in [0.717, 1.165) is 6.42 Å². The summed E-state index contributed by atoms with van der Waals surface area (Å²) in [5.74, 6) is -3.86. The number of carbonyl (C=O) groups is 2. The third-order valence-corrected chi connectivity index (χ3v) is 8.30. The van der Waals surface area contributed by atoms with Gasteiger partial charge in [0.1, 0.15) is 17.6 Å². The molecule has 6 aliphatic rings. The van der Waals surface area contributed by atoms with Crippen LogP contribution in [0.15, 0.2) is 24.3 Å². The highest BCUT2D eigenvalue weighted by Gasteiger charge is 2.93. The summed E-state index contributed by atoms with van der Waals surface area (Å²) in [4.78, 5) is 27.2. The number of phenolic OH excluding ortho intramolecular Hbond substituents is 1. The molecule has 36 heavy (non-hydrogen) atoms. The Balaban J connectivity index is 1.36. The van der Waals surface area contributed by atoms with Crippen molar-refractivity contribution in [3.63, 3.8) is 0 Å². The maximum absolute atomic E-state index is 13.8. The van der Waals surface area contributed by atoms with Crippen LogP contribution in [0.1, 0.15) is 55.5 Å². The summed E-state index contributed by atoms with van der Waals surface area (Å²) in [5.41, 5.74) is 0.454. The smallest absolute Gasteiger partial charge is 0.277 e. The van der Waals surface area contributed by atoms with Gasteiger partial charge in [-0.1, -0.05) is 12.1 Å². The average Bonchev–Trinajstić information content (AvgIpc) is 3.54. The maximum atomic E-state index is 13.8. The highest BCUT2D eigenvalue weighted by molar-refractivity contribution is 6.30. The van der Waals surface area contributed by atoms with Gasteiger partial charge in [-0.15, -0.1) is 0 Å². The molecule has 2 aromatic carbocycles. The van der Waals surface area contributed by atoms with Gasteiger partial charge < -0.3 is 38.3 Å². The minimum Gasteiger partial charge on any atom is -0.507 e. The van der Waals surface area contributed by atoms with E-state index < -0.39 is 41.5 Å². The highest BCUT2D eigenvalue weighted by Crippen LogP contribution is 2.71. The summed E-state index contributed by atoms with van der Waals surface area (Å²) in [7, 11) is 1.49. The molecule has 4 saturated heterocycles. The fourth-order valence-corrected chi connectivity index (χ4v) is 6.68. The number of carbonyl (C=O) groups excluding carboxylic acids is 2. The molecular weight excluding hydrogens is 472 g/mol. The van der Waals surface area contributed by atoms with Gasteiger partial charge in [-0.2, -0.15) is 0 Å². The van der Waals surface area contributed by atoms with Crippen LogP contribution in [-0.2, 0) is 28.4 Å². The lowest BCUT2D eigenvalue weighted by Crippen LogP contribution is -2.70. The number of rotatable bonds is 2. The molecule has 0 aromatic heterocycles. The van der Waals surface area contributed by atoms with E-state index in [2.05, 4.69) is 0 Å². The summed E-state index contributed by atoms with van der Waals surface area (Å²) in [5, 5.41) is 10.5. The lowest BCUT2D eigenvalue weighted by Gasteiger charge is -2.50. The van der Waals surface area contributed by atoms with Crippen LogP contribution < -0.4 is 4.74 Å². The molecular formula is C26H22O10. The summed E-state index contributed by atoms with van der Waals surface area (Å²) in [6.07, 6.45) is -1.54. The fraction of sp³-hybridized carbons (Fsp3) is 0.462. The third-order valence-electron chi connectivity index (χ3n) is 8.30. The zero-order valence-electron chi connectivity index (χ0n) is 19.5. The van der Waals surface area contributed by atoms with E-state index in [0.29, 0.717) is 24.3 Å². The van der Waals surface area contributed by atoms with Crippen molar-refractivity contribution < 1.29 is 47.9 Å². The first-order chi connectivity index (χ1) is 17.4. The number of ether oxygens (including phenoxy) is 7. The number of hydrogen-bond acceptors (Lipinski definition) is 10. The number of ketones is 2. The second-order valence-electron chi connectivity index (χ2n) is 9.98. The number of aryl methyl sites for hydroxylation is 1. The number of epoxide rings is 1. The lowest BCUT2D eigenvalue weighted by atomic mass is 9.75. The number of benzene rings is 2. The van der Waals surface area contributed by atoms with Crippen molar-refractivity contribution in [1.82, 2.24) is 0 Å². The second-order valence-corrected chi connectivity index (χ2v) is 9.98. The Hall–Kier alpha value is -2.86. The largest absolute Gasteiger partial charge is 0.507 e. The monoisotopic (exact) mass is 494 g/mol. The summed E-state index contributed by atoms with van der Waals surface area (Å²) in [6, 6.07) is 6.13. The SMILES string of the molecule is CO[C@@]12Oc3c4c(cc(C)c3[C@H]3O[C@](C5OCCCO5)(O[C@@H]31)[C@]21CO1)C(=O)c1cccc(O)c1C4=O. The molecule has 2 bridgehead atoms. The molecule has 5 heterocycles. The molecule has 10 heteroatoms. The molecule has 0 amide bonds. The van der Waals surface area contributed by atoms with Crippen molar-refractivity contribution in [3.8, 4) is 11.5 Å². The fourth-order valence-electron chi connectivity index (χ4n) is 6.68. The van der Waals surface area contributed by atoms with Crippen molar-refractivity contribution in [2.45, 2.75) is 49.0 Å². The van der Waals surface area contributed by atoms with E-state index in [-0.39, 0.29) is 46.1 Å². The van der Waals surface area contributed by atoms with Crippen molar-refractivity contribution >= 4 is 11.6 Å². The Labute approximate surface area is 204 Å². The number of hydrogen-bond donors (Lipinski definition) is 1. The molecule has 0 radical (unpaired) electrons. The predicted octanol–water partition coefficient (Wildman–Crippen LogP) is 1.91. The van der Waals surface area contributed by atoms with Crippen molar-refractivity contribution in [1.29, 1.82) is 0 Å². The Morgan fingerprint density at radius 2 is 1.83 bits per heavy atom. The Bertz CT molecular complexity index is 1390. The number of phenols is 1. The van der Waals surface area contributed by atoms with Gasteiger partial charge in [-0.3, -0.25) is 9.59 Å². The minimum atomic E-state index is -1.48. The van der Waals surface area contributed by atoms with E-state index >= 15 is 0 Å². The van der Waals surface area contributed by atoms with Gasteiger partial charge in [-0.05, 0) is 31.0 Å². The first-order valence-corrected chi connectivity index (χ1v) is 11.9. The molecule has 1 aliphatic carbocycles. The number of methoxy groups -OCH3 is 1. The molecule has 8 rings (SSSR count). The molecule has 2 aromatic rings. The zero-order chi connectivity index (χ0) is 24.6. The van der Waals surface area contributed by atoms with Crippen LogP contribution in [0.5, 0.6) is 11.5 Å². The van der Waals surface area contributed by atoms with Gasteiger partial charge in [0.15, 0.2) is 11.9 Å². The summed E-state index contributed by atoms with van der Waals surface area (Å²) >= 11 is 0. The van der Waals surface area contributed by atoms with Crippen molar-refractivity contribution in [3.05, 3.63) is 57.6 Å². The van der Waals surface area contributed by atoms with Gasteiger partial charge in [0.2, 0.25) is 17.7 Å². The molecule has 10 nitrogen and oxygen atoms in total. The van der Waals surface area contributed by atoms with E-state index in [9.17, 15) is 14.7 Å². The van der Waals surface area contributed by atoms with Gasteiger partial charge in [0.25, 0.3) is 11.6 Å². The summed E-state index contributed by atoms with van der Waals surface area (Å²) < 4.78 is 43.6. The normalized spacial score (nSPS) is 37.5. The summed E-state index contributed by atoms with van der Waals surface area (Å²) in [6.45, 7) is 2.99. The number of aromatic hydroxyl groups is 1. The van der Waals surface area contributed by atoms with Crippen LogP contribution in [0.2, 0.25) is 0 Å². The van der Waals surface area contributed by atoms with Crippen LogP contribution in [0.3, 0.4) is 0 Å². The molecule has 5 aliphatic heterocycles. The zero-order valence-corrected chi connectivity index (χ0v) is 19.5. The Morgan fingerprint density at radius 1 is 1.06 bits per heavy atom. The van der Waals surface area contributed by atoms with E-state index in [1.165, 1.54) is 25.3 Å². The molecule has 0 saturated carbocycles. The maximum Gasteiger partial charge on any atom is 0.277 e. The first kappa shape index (κ1) is 21.2. The standard InChI is InChI=1S/C26H22O10/c1-11-9-13-17(19(29)16-12(18(13)28)5-3-6-14(16)27)20-15(11)21-22-25(30-2,34-20)24(10-33-24)26(35-21,36-22)23-31-7-4-8-32-23/h3,5-6,9,21-23,27H,4,7-8,10H2,1-2H3/t21-,22+,24+,25-,26-/m1/s1. The Morgan fingerprint density at radius 3 is 2.56 bits per heavy atom. The van der Waals surface area contributed by atoms with Gasteiger partial charge in [0, 0.05) is 23.8 Å².